The summed E-state index contributed by atoms with van der Waals surface area (Å²) in [6, 6.07) is 2.29. The average molecular weight is 192 g/mol. The van der Waals surface area contributed by atoms with Gasteiger partial charge in [0, 0.05) is 11.6 Å². The summed E-state index contributed by atoms with van der Waals surface area (Å²) in [7, 11) is 0. The fraction of sp³-hybridized carbons (Fsp3) is 0.250. The minimum absolute atomic E-state index is 0.0995. The van der Waals surface area contributed by atoms with Crippen LogP contribution in [0.15, 0.2) is 12.1 Å². The van der Waals surface area contributed by atoms with Crippen LogP contribution in [-0.4, -0.2) is 6.54 Å². The highest BCUT2D eigenvalue weighted by Gasteiger charge is 2.08. The number of anilines is 1. The number of halogens is 3. The highest BCUT2D eigenvalue weighted by atomic mass is 35.5. The van der Waals surface area contributed by atoms with Gasteiger partial charge in [0.15, 0.2) is 11.6 Å². The zero-order valence-electron chi connectivity index (χ0n) is 6.50. The van der Waals surface area contributed by atoms with Gasteiger partial charge < -0.3 is 5.32 Å². The molecule has 0 bridgehead atoms. The van der Waals surface area contributed by atoms with E-state index in [1.165, 1.54) is 6.07 Å². The summed E-state index contributed by atoms with van der Waals surface area (Å²) >= 11 is 5.51. The number of benzene rings is 1. The lowest BCUT2D eigenvalue weighted by molar-refractivity contribution is 0.511. The first-order valence-electron chi connectivity index (χ1n) is 3.53. The predicted molar refractivity (Wildman–Crippen MR) is 45.5 cm³/mol. The van der Waals surface area contributed by atoms with Gasteiger partial charge in [0.05, 0.1) is 5.69 Å². The summed E-state index contributed by atoms with van der Waals surface area (Å²) in [4.78, 5) is 0. The van der Waals surface area contributed by atoms with Crippen LogP contribution in [0.25, 0.3) is 0 Å². The smallest absolute Gasteiger partial charge is 0.181 e. The Balaban J connectivity index is 3.09. The summed E-state index contributed by atoms with van der Waals surface area (Å²) in [6.45, 7) is 2.31. The van der Waals surface area contributed by atoms with Crippen molar-refractivity contribution in [3.05, 3.63) is 28.8 Å². The van der Waals surface area contributed by atoms with Gasteiger partial charge in [-0.25, -0.2) is 8.78 Å². The molecule has 1 rings (SSSR count). The molecule has 4 heteroatoms. The van der Waals surface area contributed by atoms with Crippen LogP contribution in [0.4, 0.5) is 14.5 Å². The van der Waals surface area contributed by atoms with Gasteiger partial charge in [0.25, 0.3) is 0 Å². The molecule has 0 atom stereocenters. The summed E-state index contributed by atoms with van der Waals surface area (Å²) in [6.07, 6.45) is 0. The van der Waals surface area contributed by atoms with Crippen LogP contribution in [0.5, 0.6) is 0 Å². The van der Waals surface area contributed by atoms with Crippen molar-refractivity contribution in [2.75, 3.05) is 11.9 Å². The molecule has 66 valence electrons. The molecule has 1 N–H and O–H groups in total. The largest absolute Gasteiger partial charge is 0.383 e. The zero-order chi connectivity index (χ0) is 9.14. The molecule has 0 aliphatic carbocycles. The first-order chi connectivity index (χ1) is 5.65. The van der Waals surface area contributed by atoms with Crippen molar-refractivity contribution in [2.45, 2.75) is 6.92 Å². The van der Waals surface area contributed by atoms with Gasteiger partial charge in [-0.05, 0) is 19.1 Å². The van der Waals surface area contributed by atoms with Gasteiger partial charge in [-0.3, -0.25) is 0 Å². The van der Waals surface area contributed by atoms with Gasteiger partial charge in [-0.15, -0.1) is 0 Å². The van der Waals surface area contributed by atoms with E-state index in [-0.39, 0.29) is 10.7 Å². The third-order valence-electron chi connectivity index (χ3n) is 1.36. The highest BCUT2D eigenvalue weighted by Crippen LogP contribution is 2.22. The maximum atomic E-state index is 12.9. The van der Waals surface area contributed by atoms with Gasteiger partial charge in [-0.2, -0.15) is 0 Å². The van der Waals surface area contributed by atoms with Gasteiger partial charge in [0.1, 0.15) is 0 Å². The third kappa shape index (κ3) is 1.85. The predicted octanol–water partition coefficient (Wildman–Crippen LogP) is 3.05. The molecule has 1 nitrogen and oxygen atoms in total. The van der Waals surface area contributed by atoms with Crippen molar-refractivity contribution in [1.82, 2.24) is 0 Å². The molecule has 1 aromatic rings. The molecule has 0 spiro atoms. The minimum Gasteiger partial charge on any atom is -0.383 e. The Labute approximate surface area is 74.3 Å². The number of hydrogen-bond acceptors (Lipinski definition) is 1. The van der Waals surface area contributed by atoms with Crippen LogP contribution in [0, 0.1) is 11.6 Å². The second-order valence-electron chi connectivity index (χ2n) is 2.28. The van der Waals surface area contributed by atoms with E-state index < -0.39 is 11.6 Å². The molecule has 0 aromatic heterocycles. The lowest BCUT2D eigenvalue weighted by Gasteiger charge is -2.05. The van der Waals surface area contributed by atoms with Crippen LogP contribution in [0.3, 0.4) is 0 Å². The monoisotopic (exact) mass is 191 g/mol. The van der Waals surface area contributed by atoms with Crippen LogP contribution in [-0.2, 0) is 0 Å². The minimum atomic E-state index is -0.932. The molecule has 0 fully saturated rings. The van der Waals surface area contributed by atoms with Crippen LogP contribution >= 0.6 is 11.6 Å². The first-order valence-corrected chi connectivity index (χ1v) is 3.91. The van der Waals surface area contributed by atoms with Crippen molar-refractivity contribution in [3.63, 3.8) is 0 Å². The van der Waals surface area contributed by atoms with Gasteiger partial charge in [-0.1, -0.05) is 11.6 Å². The van der Waals surface area contributed by atoms with Crippen molar-refractivity contribution in [3.8, 4) is 0 Å². The molecule has 0 unspecified atom stereocenters. The Morgan fingerprint density at radius 2 is 2.08 bits per heavy atom. The molecular formula is C8H8ClF2N. The Morgan fingerprint density at radius 1 is 1.42 bits per heavy atom. The lowest BCUT2D eigenvalue weighted by Crippen LogP contribution is -2.00. The Bertz CT molecular complexity index is 289. The number of hydrogen-bond donors (Lipinski definition) is 1. The summed E-state index contributed by atoms with van der Waals surface area (Å²) < 4.78 is 25.5. The third-order valence-corrected chi connectivity index (χ3v) is 1.58. The second-order valence-corrected chi connectivity index (χ2v) is 2.72. The van der Waals surface area contributed by atoms with E-state index in [0.29, 0.717) is 6.54 Å². The SMILES string of the molecule is CCNc1cc(Cl)cc(F)c1F. The van der Waals surface area contributed by atoms with Gasteiger partial charge in [0.2, 0.25) is 0 Å². The molecule has 0 aliphatic heterocycles. The highest BCUT2D eigenvalue weighted by molar-refractivity contribution is 6.30. The van der Waals surface area contributed by atoms with E-state index in [2.05, 4.69) is 5.32 Å². The zero-order valence-corrected chi connectivity index (χ0v) is 7.25. The van der Waals surface area contributed by atoms with E-state index in [4.69, 9.17) is 11.6 Å². The van der Waals surface area contributed by atoms with Crippen molar-refractivity contribution >= 4 is 17.3 Å². The second kappa shape index (κ2) is 3.72. The fourth-order valence-electron chi connectivity index (χ4n) is 0.875. The van der Waals surface area contributed by atoms with Crippen molar-refractivity contribution < 1.29 is 8.78 Å². The molecule has 0 radical (unpaired) electrons. The normalized spacial score (nSPS) is 10.0. The van der Waals surface area contributed by atoms with E-state index in [1.807, 2.05) is 0 Å². The number of nitrogens with one attached hydrogen (secondary N) is 1. The molecule has 1 aromatic carbocycles. The summed E-state index contributed by atoms with van der Waals surface area (Å²) in [5.74, 6) is -1.82. The summed E-state index contributed by atoms with van der Waals surface area (Å²) in [5.41, 5.74) is 0.0995. The van der Waals surface area contributed by atoms with Crippen molar-refractivity contribution in [1.29, 1.82) is 0 Å². The van der Waals surface area contributed by atoms with Gasteiger partial charge >= 0.3 is 0 Å². The van der Waals surface area contributed by atoms with Crippen LogP contribution in [0.2, 0.25) is 5.02 Å². The molecule has 0 heterocycles. The Morgan fingerprint density at radius 3 is 2.67 bits per heavy atom. The van der Waals surface area contributed by atoms with Crippen LogP contribution in [0.1, 0.15) is 6.92 Å². The quantitative estimate of drug-likeness (QED) is 0.709. The van der Waals surface area contributed by atoms with E-state index >= 15 is 0 Å². The molecule has 0 aliphatic rings. The first kappa shape index (κ1) is 9.26. The molecule has 0 saturated heterocycles. The fourth-order valence-corrected chi connectivity index (χ4v) is 1.08. The molecular weight excluding hydrogens is 184 g/mol. The van der Waals surface area contributed by atoms with Crippen molar-refractivity contribution in [2.24, 2.45) is 0 Å². The Hall–Kier alpha value is -0.830. The lowest BCUT2D eigenvalue weighted by atomic mass is 10.3. The van der Waals surface area contributed by atoms with E-state index in [1.54, 1.807) is 6.92 Å². The number of rotatable bonds is 2. The average Bonchev–Trinajstić information content (AvgIpc) is 2.00. The standard InChI is InChI=1S/C8H8ClF2N/c1-2-12-7-4-5(9)3-6(10)8(7)11/h3-4,12H,2H2,1H3. The van der Waals surface area contributed by atoms with Crippen LogP contribution < -0.4 is 5.32 Å². The topological polar surface area (TPSA) is 12.0 Å². The molecule has 0 amide bonds. The summed E-state index contributed by atoms with van der Waals surface area (Å²) in [5, 5.41) is 2.84. The van der Waals surface area contributed by atoms with E-state index in [9.17, 15) is 8.78 Å². The Kier molecular flexibility index (Phi) is 2.87. The maximum absolute atomic E-state index is 12.9. The molecule has 0 saturated carbocycles. The van der Waals surface area contributed by atoms with E-state index in [0.717, 1.165) is 6.07 Å². The maximum Gasteiger partial charge on any atom is 0.181 e. The molecule has 12 heavy (non-hydrogen) atoms.